The van der Waals surface area contributed by atoms with Gasteiger partial charge in [-0.3, -0.25) is 0 Å². The Balaban J connectivity index is 2.42. The fourth-order valence-electron chi connectivity index (χ4n) is 1.35. The lowest BCUT2D eigenvalue weighted by atomic mass is 9.95. The minimum atomic E-state index is -0.321. The van der Waals surface area contributed by atoms with Gasteiger partial charge in [-0.2, -0.15) is 0 Å². The van der Waals surface area contributed by atoms with Crippen molar-refractivity contribution in [1.82, 2.24) is 0 Å². The number of alkyl halides is 1. The van der Waals surface area contributed by atoms with Crippen LogP contribution in [0.5, 0.6) is 0 Å². The van der Waals surface area contributed by atoms with Gasteiger partial charge in [0.25, 0.3) is 0 Å². The van der Waals surface area contributed by atoms with Crippen LogP contribution in [0.15, 0.2) is 0 Å². The first kappa shape index (κ1) is 8.50. The first-order valence-corrected chi connectivity index (χ1v) is 4.52. The van der Waals surface area contributed by atoms with Crippen LogP contribution >= 0.6 is 15.9 Å². The monoisotopic (exact) mass is 208 g/mol. The molecule has 10 heavy (non-hydrogen) atoms. The van der Waals surface area contributed by atoms with Crippen LogP contribution in [0, 0.1) is 0 Å². The summed E-state index contributed by atoms with van der Waals surface area (Å²) in [6.45, 7) is 0. The molecule has 1 aliphatic carbocycles. The minimum Gasteiger partial charge on any atom is -0.389 e. The minimum absolute atomic E-state index is 0.0399. The Hall–Kier alpha value is 0.400. The maximum absolute atomic E-state index is 9.47. The summed E-state index contributed by atoms with van der Waals surface area (Å²) >= 11 is 3.40. The fourth-order valence-corrected chi connectivity index (χ4v) is 2.01. The van der Waals surface area contributed by atoms with Gasteiger partial charge in [0.05, 0.1) is 12.2 Å². The smallest absolute Gasteiger partial charge is 0.0926 e. The molecule has 0 saturated heterocycles. The number of rotatable bonds is 1. The Kier molecular flexibility index (Phi) is 3.14. The van der Waals surface area contributed by atoms with Gasteiger partial charge in [0.2, 0.25) is 0 Å². The van der Waals surface area contributed by atoms with E-state index in [1.807, 2.05) is 0 Å². The number of hydrogen-bond donors (Lipinski definition) is 1. The molecular weight excluding hydrogens is 196 g/mol. The normalized spacial score (nSPS) is 41.7. The standard InChI is InChI=1S/C7H13BrO2/c1-10-6-4-2-3-5(8)7(6)9/h5-7,9H,2-4H2,1H3/t5-,6-,7+/m0/s1. The van der Waals surface area contributed by atoms with E-state index in [4.69, 9.17) is 4.74 Å². The van der Waals surface area contributed by atoms with Crippen LogP contribution in [0.25, 0.3) is 0 Å². The van der Waals surface area contributed by atoms with Crippen LogP contribution in [0.1, 0.15) is 19.3 Å². The lowest BCUT2D eigenvalue weighted by Crippen LogP contribution is -2.39. The van der Waals surface area contributed by atoms with Crippen molar-refractivity contribution in [3.05, 3.63) is 0 Å². The van der Waals surface area contributed by atoms with E-state index in [0.29, 0.717) is 0 Å². The summed E-state index contributed by atoms with van der Waals surface area (Å²) in [4.78, 5) is 0.228. The lowest BCUT2D eigenvalue weighted by molar-refractivity contribution is -0.0312. The molecular formula is C7H13BrO2. The highest BCUT2D eigenvalue weighted by Gasteiger charge is 2.29. The highest BCUT2D eigenvalue weighted by molar-refractivity contribution is 9.09. The van der Waals surface area contributed by atoms with Gasteiger partial charge < -0.3 is 9.84 Å². The number of aliphatic hydroxyl groups excluding tert-OH is 1. The summed E-state index contributed by atoms with van der Waals surface area (Å²) in [5.74, 6) is 0. The highest BCUT2D eigenvalue weighted by atomic mass is 79.9. The molecule has 0 aromatic carbocycles. The maximum atomic E-state index is 9.47. The Bertz CT molecular complexity index is 108. The van der Waals surface area contributed by atoms with Crippen molar-refractivity contribution in [3.8, 4) is 0 Å². The number of halogens is 1. The van der Waals surface area contributed by atoms with Gasteiger partial charge in [-0.1, -0.05) is 15.9 Å². The van der Waals surface area contributed by atoms with E-state index in [2.05, 4.69) is 15.9 Å². The van der Waals surface area contributed by atoms with Crippen molar-refractivity contribution in [1.29, 1.82) is 0 Å². The second-order valence-electron chi connectivity index (χ2n) is 2.71. The molecule has 0 aromatic heterocycles. The third-order valence-electron chi connectivity index (χ3n) is 2.02. The zero-order valence-corrected chi connectivity index (χ0v) is 7.67. The molecule has 1 saturated carbocycles. The zero-order chi connectivity index (χ0) is 7.56. The first-order valence-electron chi connectivity index (χ1n) is 3.60. The van der Waals surface area contributed by atoms with Crippen LogP contribution in [0.3, 0.4) is 0 Å². The molecule has 3 heteroatoms. The fraction of sp³-hybridized carbons (Fsp3) is 1.00. The van der Waals surface area contributed by atoms with Crippen LogP contribution in [0.2, 0.25) is 0 Å². The average Bonchev–Trinajstić information content (AvgIpc) is 1.95. The summed E-state index contributed by atoms with van der Waals surface area (Å²) in [6, 6.07) is 0. The molecule has 3 atom stereocenters. The van der Waals surface area contributed by atoms with E-state index >= 15 is 0 Å². The number of methoxy groups -OCH3 is 1. The second-order valence-corrected chi connectivity index (χ2v) is 3.89. The SMILES string of the molecule is CO[C@H]1CCC[C@H](Br)[C@H]1O. The van der Waals surface area contributed by atoms with Crippen LogP contribution in [-0.4, -0.2) is 29.3 Å². The molecule has 0 heterocycles. The number of aliphatic hydroxyl groups is 1. The molecule has 0 unspecified atom stereocenters. The van der Waals surface area contributed by atoms with Crippen molar-refractivity contribution < 1.29 is 9.84 Å². The number of ether oxygens (including phenoxy) is 1. The van der Waals surface area contributed by atoms with Gasteiger partial charge >= 0.3 is 0 Å². The van der Waals surface area contributed by atoms with Crippen molar-refractivity contribution in [2.75, 3.05) is 7.11 Å². The molecule has 1 N–H and O–H groups in total. The van der Waals surface area contributed by atoms with E-state index < -0.39 is 0 Å². The average molecular weight is 209 g/mol. The molecule has 0 radical (unpaired) electrons. The first-order chi connectivity index (χ1) is 4.75. The predicted octanol–water partition coefficient (Wildman–Crippen LogP) is 1.31. The maximum Gasteiger partial charge on any atom is 0.0926 e. The van der Waals surface area contributed by atoms with Crippen molar-refractivity contribution in [3.63, 3.8) is 0 Å². The molecule has 1 rings (SSSR count). The Morgan fingerprint density at radius 1 is 1.50 bits per heavy atom. The molecule has 0 bridgehead atoms. The van der Waals surface area contributed by atoms with E-state index in [9.17, 15) is 5.11 Å². The third kappa shape index (κ3) is 1.71. The van der Waals surface area contributed by atoms with Crippen molar-refractivity contribution in [2.24, 2.45) is 0 Å². The molecule has 60 valence electrons. The van der Waals surface area contributed by atoms with E-state index in [1.165, 1.54) is 0 Å². The van der Waals surface area contributed by atoms with Gasteiger partial charge in [0.1, 0.15) is 0 Å². The Morgan fingerprint density at radius 3 is 2.70 bits per heavy atom. The molecule has 2 nitrogen and oxygen atoms in total. The summed E-state index contributed by atoms with van der Waals surface area (Å²) in [5, 5.41) is 9.47. The molecule has 0 aromatic rings. The molecule has 1 fully saturated rings. The topological polar surface area (TPSA) is 29.5 Å². The lowest BCUT2D eigenvalue weighted by Gasteiger charge is -2.30. The number of hydrogen-bond acceptors (Lipinski definition) is 2. The predicted molar refractivity (Wildman–Crippen MR) is 43.4 cm³/mol. The van der Waals surface area contributed by atoms with Crippen LogP contribution < -0.4 is 0 Å². The van der Waals surface area contributed by atoms with Gasteiger partial charge in [0, 0.05) is 11.9 Å². The van der Waals surface area contributed by atoms with E-state index in [-0.39, 0.29) is 17.0 Å². The Labute approximate surface area is 69.7 Å². The quantitative estimate of drug-likeness (QED) is 0.659. The summed E-state index contributed by atoms with van der Waals surface area (Å²) in [7, 11) is 1.65. The van der Waals surface area contributed by atoms with Crippen molar-refractivity contribution >= 4 is 15.9 Å². The summed E-state index contributed by atoms with van der Waals surface area (Å²) in [5.41, 5.74) is 0. The van der Waals surface area contributed by atoms with Gasteiger partial charge in [-0.25, -0.2) is 0 Å². The van der Waals surface area contributed by atoms with E-state index in [0.717, 1.165) is 19.3 Å². The van der Waals surface area contributed by atoms with Crippen LogP contribution in [0.4, 0.5) is 0 Å². The van der Waals surface area contributed by atoms with Gasteiger partial charge in [0.15, 0.2) is 0 Å². The second kappa shape index (κ2) is 3.69. The van der Waals surface area contributed by atoms with Gasteiger partial charge in [-0.15, -0.1) is 0 Å². The third-order valence-corrected chi connectivity index (χ3v) is 3.02. The largest absolute Gasteiger partial charge is 0.389 e. The molecule has 0 spiro atoms. The Morgan fingerprint density at radius 2 is 2.20 bits per heavy atom. The van der Waals surface area contributed by atoms with E-state index in [1.54, 1.807) is 7.11 Å². The zero-order valence-electron chi connectivity index (χ0n) is 6.09. The summed E-state index contributed by atoms with van der Waals surface area (Å²) < 4.78 is 5.09. The molecule has 1 aliphatic rings. The van der Waals surface area contributed by atoms with Crippen molar-refractivity contribution in [2.45, 2.75) is 36.3 Å². The summed E-state index contributed by atoms with van der Waals surface area (Å²) in [6.07, 6.45) is 2.91. The highest BCUT2D eigenvalue weighted by Crippen LogP contribution is 2.26. The van der Waals surface area contributed by atoms with Gasteiger partial charge in [-0.05, 0) is 19.3 Å². The molecule has 0 aliphatic heterocycles. The molecule has 0 amide bonds. The van der Waals surface area contributed by atoms with Crippen LogP contribution in [-0.2, 0) is 4.74 Å².